The lowest BCUT2D eigenvalue weighted by atomic mass is 10.4. The van der Waals surface area contributed by atoms with Crippen LogP contribution in [0.15, 0.2) is 4.34 Å². The Hall–Kier alpha value is -1.61. The molecule has 0 unspecified atom stereocenters. The van der Waals surface area contributed by atoms with Gasteiger partial charge >= 0.3 is 12.0 Å². The Morgan fingerprint density at radius 1 is 1.42 bits per heavy atom. The van der Waals surface area contributed by atoms with Crippen LogP contribution in [0.3, 0.4) is 0 Å². The third-order valence-electron chi connectivity index (χ3n) is 2.01. The van der Waals surface area contributed by atoms with Gasteiger partial charge in [0.2, 0.25) is 5.91 Å². The van der Waals surface area contributed by atoms with E-state index < -0.39 is 17.9 Å². The molecule has 19 heavy (non-hydrogen) atoms. The monoisotopic (exact) mass is 303 g/mol. The molecule has 0 aliphatic rings. The Morgan fingerprint density at radius 2 is 2.11 bits per heavy atom. The third-order valence-corrected chi connectivity index (χ3v) is 4.30. The Bertz CT molecular complexity index is 501. The summed E-state index contributed by atoms with van der Waals surface area (Å²) in [5.74, 6) is -0.965. The van der Waals surface area contributed by atoms with E-state index in [0.717, 1.165) is 11.3 Å². The number of nitrogens with one attached hydrogen (secondary N) is 2. The number of carbonyl (C=O) groups excluding carboxylic acids is 2. The molecule has 0 radical (unpaired) electrons. The third kappa shape index (κ3) is 4.87. The summed E-state index contributed by atoms with van der Waals surface area (Å²) in [6.45, 7) is 1.63. The first kappa shape index (κ1) is 15.4. The van der Waals surface area contributed by atoms with E-state index in [1.165, 1.54) is 18.8 Å². The molecule has 1 aromatic heterocycles. The van der Waals surface area contributed by atoms with Crippen molar-refractivity contribution >= 4 is 41.0 Å². The van der Waals surface area contributed by atoms with Crippen molar-refractivity contribution in [2.45, 2.75) is 17.7 Å². The average molecular weight is 303 g/mol. The predicted molar refractivity (Wildman–Crippen MR) is 71.7 cm³/mol. The van der Waals surface area contributed by atoms with Crippen LogP contribution in [0.5, 0.6) is 0 Å². The van der Waals surface area contributed by atoms with E-state index in [4.69, 9.17) is 5.11 Å². The second-order valence-corrected chi connectivity index (χ2v) is 5.77. The van der Waals surface area contributed by atoms with Crippen molar-refractivity contribution in [3.05, 3.63) is 10.6 Å². The summed E-state index contributed by atoms with van der Waals surface area (Å²) in [5.41, 5.74) is 0.467. The number of imide groups is 1. The number of hydrogen-bond acceptors (Lipinski definition) is 6. The zero-order chi connectivity index (χ0) is 14.4. The molecule has 1 heterocycles. The first-order chi connectivity index (χ1) is 8.93. The lowest BCUT2D eigenvalue weighted by Gasteiger charge is -2.01. The lowest BCUT2D eigenvalue weighted by Crippen LogP contribution is -2.37. The van der Waals surface area contributed by atoms with E-state index in [0.29, 0.717) is 15.8 Å². The van der Waals surface area contributed by atoms with Crippen LogP contribution < -0.4 is 10.6 Å². The molecule has 3 N–H and O–H groups in total. The highest BCUT2D eigenvalue weighted by Crippen LogP contribution is 2.27. The van der Waals surface area contributed by atoms with Gasteiger partial charge in [0.05, 0.1) is 5.69 Å². The average Bonchev–Trinajstić information content (AvgIpc) is 2.70. The number of thiazole rings is 1. The zero-order valence-corrected chi connectivity index (χ0v) is 12.0. The number of hydrogen-bond donors (Lipinski definition) is 3. The van der Waals surface area contributed by atoms with Crippen molar-refractivity contribution in [2.24, 2.45) is 0 Å². The van der Waals surface area contributed by atoms with E-state index in [9.17, 15) is 14.4 Å². The number of rotatable bonds is 5. The molecule has 1 aromatic rings. The van der Waals surface area contributed by atoms with Gasteiger partial charge in [-0.25, -0.2) is 14.6 Å². The second-order valence-electron chi connectivity index (χ2n) is 3.43. The summed E-state index contributed by atoms with van der Waals surface area (Å²) in [6, 6.07) is -0.548. The Kier molecular flexibility index (Phi) is 5.77. The second kappa shape index (κ2) is 7.10. The minimum Gasteiger partial charge on any atom is -0.477 e. The molecular formula is C10H13N3O4S2. The number of urea groups is 1. The molecule has 0 saturated heterocycles. The van der Waals surface area contributed by atoms with Gasteiger partial charge in [0, 0.05) is 19.2 Å². The van der Waals surface area contributed by atoms with Gasteiger partial charge < -0.3 is 10.4 Å². The summed E-state index contributed by atoms with van der Waals surface area (Å²) in [6.07, 6.45) is 0.152. The lowest BCUT2D eigenvalue weighted by molar-refractivity contribution is -0.119. The number of aryl methyl sites for hydroxylation is 1. The number of carboxylic acids is 1. The van der Waals surface area contributed by atoms with E-state index in [1.807, 2.05) is 0 Å². The van der Waals surface area contributed by atoms with E-state index in [2.05, 4.69) is 15.6 Å². The summed E-state index contributed by atoms with van der Waals surface area (Å²) in [4.78, 5) is 37.3. The highest BCUT2D eigenvalue weighted by molar-refractivity contribution is 8.01. The van der Waals surface area contributed by atoms with Gasteiger partial charge in [-0.3, -0.25) is 10.1 Å². The zero-order valence-electron chi connectivity index (χ0n) is 10.3. The maximum absolute atomic E-state index is 11.3. The molecule has 3 amide bonds. The summed E-state index contributed by atoms with van der Waals surface area (Å²) >= 11 is 2.37. The normalized spacial score (nSPS) is 10.0. The largest absolute Gasteiger partial charge is 0.477 e. The fourth-order valence-electron chi connectivity index (χ4n) is 1.11. The van der Waals surface area contributed by atoms with E-state index in [-0.39, 0.29) is 11.3 Å². The minimum absolute atomic E-state index is 0.152. The van der Waals surface area contributed by atoms with Gasteiger partial charge in [-0.15, -0.1) is 11.3 Å². The molecular weight excluding hydrogens is 290 g/mol. The first-order valence-corrected chi connectivity index (χ1v) is 7.09. The van der Waals surface area contributed by atoms with Crippen LogP contribution in [0.2, 0.25) is 0 Å². The van der Waals surface area contributed by atoms with E-state index >= 15 is 0 Å². The first-order valence-electron chi connectivity index (χ1n) is 5.29. The molecule has 7 nitrogen and oxygen atoms in total. The number of aromatic carboxylic acids is 1. The molecule has 104 valence electrons. The van der Waals surface area contributed by atoms with E-state index in [1.54, 1.807) is 6.92 Å². The topological polar surface area (TPSA) is 108 Å². The molecule has 0 saturated carbocycles. The fraction of sp³-hybridized carbons (Fsp3) is 0.400. The maximum Gasteiger partial charge on any atom is 0.347 e. The smallest absolute Gasteiger partial charge is 0.347 e. The van der Waals surface area contributed by atoms with Crippen LogP contribution in [-0.2, 0) is 4.79 Å². The quantitative estimate of drug-likeness (QED) is 0.703. The Labute approximate surface area is 117 Å². The van der Waals surface area contributed by atoms with Gasteiger partial charge in [0.25, 0.3) is 0 Å². The summed E-state index contributed by atoms with van der Waals surface area (Å²) in [5, 5.41) is 13.3. The molecule has 9 heteroatoms. The van der Waals surface area contributed by atoms with Crippen molar-refractivity contribution in [3.8, 4) is 0 Å². The SMILES string of the molecule is CNC(=O)NC(=O)CCSc1nc(C)c(C(=O)O)s1. The maximum atomic E-state index is 11.3. The fourth-order valence-corrected chi connectivity index (χ4v) is 3.15. The summed E-state index contributed by atoms with van der Waals surface area (Å²) in [7, 11) is 1.42. The Morgan fingerprint density at radius 3 is 2.63 bits per heavy atom. The van der Waals surface area contributed by atoms with Crippen LogP contribution in [0.4, 0.5) is 4.79 Å². The van der Waals surface area contributed by atoms with Crippen molar-refractivity contribution in [3.63, 3.8) is 0 Å². The van der Waals surface area contributed by atoms with Crippen LogP contribution in [-0.4, -0.2) is 40.8 Å². The van der Waals surface area contributed by atoms with Crippen LogP contribution in [0, 0.1) is 6.92 Å². The van der Waals surface area contributed by atoms with Gasteiger partial charge in [0.1, 0.15) is 4.88 Å². The number of nitrogens with zero attached hydrogens (tertiary/aromatic N) is 1. The van der Waals surface area contributed by atoms with Gasteiger partial charge in [0.15, 0.2) is 4.34 Å². The van der Waals surface area contributed by atoms with Gasteiger partial charge in [-0.2, -0.15) is 0 Å². The Balaban J connectivity index is 2.41. The number of thioether (sulfide) groups is 1. The van der Waals surface area contributed by atoms with Gasteiger partial charge in [-0.1, -0.05) is 11.8 Å². The van der Waals surface area contributed by atoms with Crippen molar-refractivity contribution in [1.29, 1.82) is 0 Å². The summed E-state index contributed by atoms with van der Waals surface area (Å²) < 4.78 is 0.600. The molecule has 0 fully saturated rings. The predicted octanol–water partition coefficient (Wildman–Crippen LogP) is 1.09. The van der Waals surface area contributed by atoms with Crippen LogP contribution >= 0.6 is 23.1 Å². The molecule has 0 bridgehead atoms. The number of aromatic nitrogens is 1. The molecule has 1 rings (SSSR count). The molecule has 0 aliphatic heterocycles. The van der Waals surface area contributed by atoms with Crippen molar-refractivity contribution < 1.29 is 19.5 Å². The molecule has 0 atom stereocenters. The van der Waals surface area contributed by atoms with Crippen molar-refractivity contribution in [2.75, 3.05) is 12.8 Å². The van der Waals surface area contributed by atoms with Crippen LogP contribution in [0.1, 0.15) is 21.8 Å². The van der Waals surface area contributed by atoms with Crippen molar-refractivity contribution in [1.82, 2.24) is 15.6 Å². The minimum atomic E-state index is -1.00. The number of carboxylic acid groups (broad SMARTS) is 1. The highest BCUT2D eigenvalue weighted by Gasteiger charge is 2.14. The van der Waals surface area contributed by atoms with Crippen LogP contribution in [0.25, 0.3) is 0 Å². The molecule has 0 aromatic carbocycles. The number of amides is 3. The number of carbonyl (C=O) groups is 3. The van der Waals surface area contributed by atoms with Gasteiger partial charge in [-0.05, 0) is 6.92 Å². The highest BCUT2D eigenvalue weighted by atomic mass is 32.2. The standard InChI is InChI=1S/C10H13N3O4S2/c1-5-7(8(15)16)19-10(12-5)18-4-3-6(14)13-9(17)11-2/h3-4H2,1-2H3,(H,15,16)(H2,11,13,14,17). The molecule has 0 aliphatic carbocycles. The molecule has 0 spiro atoms.